The van der Waals surface area contributed by atoms with Crippen molar-refractivity contribution in [2.45, 2.75) is 30.6 Å². The van der Waals surface area contributed by atoms with E-state index in [1.54, 1.807) is 4.68 Å². The highest BCUT2D eigenvalue weighted by Gasteiger charge is 2.19. The molecule has 0 spiro atoms. The van der Waals surface area contributed by atoms with E-state index >= 15 is 0 Å². The number of benzene rings is 1. The average molecular weight is 337 g/mol. The maximum atomic E-state index is 12.8. The van der Waals surface area contributed by atoms with Crippen LogP contribution in [-0.4, -0.2) is 44.6 Å². The number of tetrazole rings is 1. The van der Waals surface area contributed by atoms with Crippen LogP contribution in [0.5, 0.6) is 0 Å². The summed E-state index contributed by atoms with van der Waals surface area (Å²) in [5.41, 5.74) is 0.552. The SMILES string of the molecule is O=C(CSc1nnnn1CC1CCCO1)Nc1ccc(F)cc1. The summed E-state index contributed by atoms with van der Waals surface area (Å²) in [7, 11) is 0. The monoisotopic (exact) mass is 337 g/mol. The molecule has 1 unspecified atom stereocenters. The van der Waals surface area contributed by atoms with Gasteiger partial charge in [0, 0.05) is 12.3 Å². The van der Waals surface area contributed by atoms with Crippen LogP contribution in [0.25, 0.3) is 0 Å². The van der Waals surface area contributed by atoms with Crippen molar-refractivity contribution < 1.29 is 13.9 Å². The van der Waals surface area contributed by atoms with Crippen LogP contribution in [0.2, 0.25) is 0 Å². The molecule has 23 heavy (non-hydrogen) atoms. The summed E-state index contributed by atoms with van der Waals surface area (Å²) in [6, 6.07) is 5.62. The number of hydrogen-bond acceptors (Lipinski definition) is 6. The van der Waals surface area contributed by atoms with E-state index in [9.17, 15) is 9.18 Å². The van der Waals surface area contributed by atoms with Gasteiger partial charge in [0.05, 0.1) is 18.4 Å². The number of anilines is 1. The number of carbonyl (C=O) groups excluding carboxylic acids is 1. The zero-order valence-corrected chi connectivity index (χ0v) is 13.1. The number of rotatable bonds is 6. The quantitative estimate of drug-likeness (QED) is 0.808. The fraction of sp³-hybridized carbons (Fsp3) is 0.429. The maximum Gasteiger partial charge on any atom is 0.234 e. The second-order valence-corrected chi connectivity index (χ2v) is 6.06. The molecule has 0 bridgehead atoms. The van der Waals surface area contributed by atoms with Crippen LogP contribution in [0.4, 0.5) is 10.1 Å². The number of carbonyl (C=O) groups is 1. The van der Waals surface area contributed by atoms with Crippen molar-refractivity contribution in [3.8, 4) is 0 Å². The first-order valence-electron chi connectivity index (χ1n) is 7.27. The summed E-state index contributed by atoms with van der Waals surface area (Å²) in [5, 5.41) is 14.8. The summed E-state index contributed by atoms with van der Waals surface area (Å²) >= 11 is 1.25. The van der Waals surface area contributed by atoms with E-state index in [0.717, 1.165) is 19.4 Å². The number of amides is 1. The Hall–Kier alpha value is -2.00. The first-order valence-corrected chi connectivity index (χ1v) is 8.25. The van der Waals surface area contributed by atoms with Crippen LogP contribution >= 0.6 is 11.8 Å². The second kappa shape index (κ2) is 7.51. The van der Waals surface area contributed by atoms with E-state index in [0.29, 0.717) is 17.4 Å². The maximum absolute atomic E-state index is 12.8. The highest BCUT2D eigenvalue weighted by Crippen LogP contribution is 2.18. The highest BCUT2D eigenvalue weighted by atomic mass is 32.2. The number of nitrogens with one attached hydrogen (secondary N) is 1. The van der Waals surface area contributed by atoms with Gasteiger partial charge in [-0.1, -0.05) is 11.8 Å². The Labute approximate surface area is 136 Å². The summed E-state index contributed by atoms with van der Waals surface area (Å²) < 4.78 is 20.0. The number of ether oxygens (including phenoxy) is 1. The highest BCUT2D eigenvalue weighted by molar-refractivity contribution is 7.99. The van der Waals surface area contributed by atoms with Gasteiger partial charge in [-0.05, 0) is 47.5 Å². The lowest BCUT2D eigenvalue weighted by Gasteiger charge is -2.10. The number of thioether (sulfide) groups is 1. The zero-order chi connectivity index (χ0) is 16.1. The van der Waals surface area contributed by atoms with E-state index in [1.807, 2.05) is 0 Å². The van der Waals surface area contributed by atoms with E-state index in [4.69, 9.17) is 4.74 Å². The number of halogens is 1. The van der Waals surface area contributed by atoms with E-state index in [2.05, 4.69) is 20.8 Å². The topological polar surface area (TPSA) is 81.9 Å². The third-order valence-corrected chi connectivity index (χ3v) is 4.32. The molecule has 1 N–H and O–H groups in total. The molecule has 1 aromatic heterocycles. The van der Waals surface area contributed by atoms with Crippen molar-refractivity contribution in [2.24, 2.45) is 0 Å². The third kappa shape index (κ3) is 4.49. The molecule has 1 aliphatic rings. The van der Waals surface area contributed by atoms with Crippen molar-refractivity contribution in [1.82, 2.24) is 20.2 Å². The van der Waals surface area contributed by atoms with Gasteiger partial charge < -0.3 is 10.1 Å². The molecule has 0 radical (unpaired) electrons. The molecule has 122 valence electrons. The van der Waals surface area contributed by atoms with Crippen molar-refractivity contribution in [3.63, 3.8) is 0 Å². The molecule has 2 heterocycles. The molecule has 7 nitrogen and oxygen atoms in total. The first kappa shape index (κ1) is 15.9. The Morgan fingerprint density at radius 3 is 3.00 bits per heavy atom. The van der Waals surface area contributed by atoms with E-state index in [1.165, 1.54) is 36.0 Å². The Morgan fingerprint density at radius 2 is 2.26 bits per heavy atom. The van der Waals surface area contributed by atoms with Gasteiger partial charge in [0.1, 0.15) is 5.82 Å². The summed E-state index contributed by atoms with van der Waals surface area (Å²) in [4.78, 5) is 11.9. The van der Waals surface area contributed by atoms with Crippen LogP contribution in [0.3, 0.4) is 0 Å². The third-order valence-electron chi connectivity index (χ3n) is 3.36. The van der Waals surface area contributed by atoms with Gasteiger partial charge in [-0.25, -0.2) is 9.07 Å². The standard InChI is InChI=1S/C14H16FN5O2S/c15-10-3-5-11(6-4-10)16-13(21)9-23-14-17-18-19-20(14)8-12-2-1-7-22-12/h3-6,12H,1-2,7-9H2,(H,16,21). The molecular weight excluding hydrogens is 321 g/mol. The molecule has 2 aromatic rings. The van der Waals surface area contributed by atoms with Gasteiger partial charge in [0.2, 0.25) is 11.1 Å². The van der Waals surface area contributed by atoms with Crippen molar-refractivity contribution in [2.75, 3.05) is 17.7 Å². The van der Waals surface area contributed by atoms with Crippen molar-refractivity contribution >= 4 is 23.4 Å². The van der Waals surface area contributed by atoms with Crippen LogP contribution in [0, 0.1) is 5.82 Å². The molecule has 1 saturated heterocycles. The molecule has 1 amide bonds. The molecule has 0 aliphatic carbocycles. The lowest BCUT2D eigenvalue weighted by atomic mass is 10.2. The largest absolute Gasteiger partial charge is 0.376 e. The minimum atomic E-state index is -0.342. The number of aromatic nitrogens is 4. The van der Waals surface area contributed by atoms with Crippen LogP contribution in [0.1, 0.15) is 12.8 Å². The van der Waals surface area contributed by atoms with Crippen LogP contribution < -0.4 is 5.32 Å². The average Bonchev–Trinajstić information content (AvgIpc) is 3.20. The Kier molecular flexibility index (Phi) is 5.19. The Morgan fingerprint density at radius 1 is 1.43 bits per heavy atom. The molecule has 9 heteroatoms. The van der Waals surface area contributed by atoms with Gasteiger partial charge in [0.15, 0.2) is 0 Å². The Balaban J connectivity index is 1.50. The lowest BCUT2D eigenvalue weighted by molar-refractivity contribution is -0.113. The van der Waals surface area contributed by atoms with Gasteiger partial charge in [-0.3, -0.25) is 4.79 Å². The predicted octanol–water partition coefficient (Wildman–Crippen LogP) is 1.72. The molecular formula is C14H16FN5O2S. The zero-order valence-electron chi connectivity index (χ0n) is 12.3. The van der Waals surface area contributed by atoms with Gasteiger partial charge in [-0.2, -0.15) is 0 Å². The van der Waals surface area contributed by atoms with Crippen LogP contribution in [-0.2, 0) is 16.1 Å². The van der Waals surface area contributed by atoms with Crippen molar-refractivity contribution in [1.29, 1.82) is 0 Å². The van der Waals surface area contributed by atoms with Gasteiger partial charge >= 0.3 is 0 Å². The molecule has 3 rings (SSSR count). The van der Waals surface area contributed by atoms with E-state index < -0.39 is 0 Å². The normalized spacial score (nSPS) is 17.3. The van der Waals surface area contributed by atoms with E-state index in [-0.39, 0.29) is 23.6 Å². The smallest absolute Gasteiger partial charge is 0.234 e. The summed E-state index contributed by atoms with van der Waals surface area (Å²) in [6.07, 6.45) is 2.18. The van der Waals surface area contributed by atoms with Gasteiger partial charge in [0.25, 0.3) is 0 Å². The van der Waals surface area contributed by atoms with Crippen molar-refractivity contribution in [3.05, 3.63) is 30.1 Å². The summed E-state index contributed by atoms with van der Waals surface area (Å²) in [6.45, 7) is 1.37. The fourth-order valence-corrected chi connectivity index (χ4v) is 2.94. The number of hydrogen-bond donors (Lipinski definition) is 1. The predicted molar refractivity (Wildman–Crippen MR) is 82.5 cm³/mol. The first-order chi connectivity index (χ1) is 11.2. The molecule has 1 atom stereocenters. The lowest BCUT2D eigenvalue weighted by Crippen LogP contribution is -2.18. The molecule has 1 aromatic carbocycles. The molecule has 1 aliphatic heterocycles. The fourth-order valence-electron chi connectivity index (χ4n) is 2.26. The van der Waals surface area contributed by atoms with Gasteiger partial charge in [-0.15, -0.1) is 5.10 Å². The molecule has 0 saturated carbocycles. The minimum absolute atomic E-state index is 0.130. The summed E-state index contributed by atoms with van der Waals surface area (Å²) in [5.74, 6) is -0.373. The second-order valence-electron chi connectivity index (χ2n) is 5.12. The number of nitrogens with zero attached hydrogens (tertiary/aromatic N) is 4. The molecule has 1 fully saturated rings. The Bertz CT molecular complexity index is 657. The minimum Gasteiger partial charge on any atom is -0.376 e. The van der Waals surface area contributed by atoms with Crippen LogP contribution in [0.15, 0.2) is 29.4 Å².